The number of fused-ring (bicyclic) bond motifs is 1. The van der Waals surface area contributed by atoms with E-state index < -0.39 is 23.5 Å². The van der Waals surface area contributed by atoms with Crippen molar-refractivity contribution < 1.29 is 23.8 Å². The molecule has 10 heteroatoms. The normalized spacial score (nSPS) is 17.4. The minimum absolute atomic E-state index is 0.135. The molecule has 0 spiro atoms. The predicted molar refractivity (Wildman–Crippen MR) is 134 cm³/mol. The van der Waals surface area contributed by atoms with Crippen LogP contribution in [0.4, 0.5) is 9.52 Å². The highest BCUT2D eigenvalue weighted by atomic mass is 35.5. The SMILES string of the molecule is COc1ccc(C(O)=C2C(=O)C(=O)N(c3nc4ccc(F)cc4s3)C2c2ccc(Cl)c(Cl)c2)cc1. The molecule has 0 radical (unpaired) electrons. The van der Waals surface area contributed by atoms with Gasteiger partial charge in [-0.2, -0.15) is 0 Å². The van der Waals surface area contributed by atoms with E-state index in [9.17, 15) is 19.1 Å². The van der Waals surface area contributed by atoms with Gasteiger partial charge in [0.2, 0.25) is 0 Å². The van der Waals surface area contributed by atoms with E-state index in [2.05, 4.69) is 4.98 Å². The first-order valence-electron chi connectivity index (χ1n) is 10.2. The first-order chi connectivity index (χ1) is 16.8. The van der Waals surface area contributed by atoms with Crippen molar-refractivity contribution in [1.82, 2.24) is 4.98 Å². The molecular weight excluding hydrogens is 514 g/mol. The van der Waals surface area contributed by atoms with Crippen LogP contribution >= 0.6 is 34.5 Å². The number of halogens is 3. The Bertz CT molecular complexity index is 1530. The quantitative estimate of drug-likeness (QED) is 0.189. The number of nitrogens with zero attached hydrogens (tertiary/aromatic N) is 2. The average molecular weight is 529 g/mol. The van der Waals surface area contributed by atoms with Gasteiger partial charge in [0.15, 0.2) is 5.13 Å². The molecule has 1 unspecified atom stereocenters. The molecule has 1 atom stereocenters. The van der Waals surface area contributed by atoms with Gasteiger partial charge in [-0.05, 0) is 60.2 Å². The van der Waals surface area contributed by atoms with E-state index in [1.165, 1.54) is 36.3 Å². The number of aromatic nitrogens is 1. The average Bonchev–Trinajstić information content (AvgIpc) is 3.38. The van der Waals surface area contributed by atoms with Gasteiger partial charge in [0.25, 0.3) is 5.78 Å². The summed E-state index contributed by atoms with van der Waals surface area (Å²) in [7, 11) is 1.51. The third-order valence-corrected chi connectivity index (χ3v) is 7.37. The molecule has 0 aliphatic carbocycles. The highest BCUT2D eigenvalue weighted by Crippen LogP contribution is 2.45. The number of hydrogen-bond donors (Lipinski definition) is 1. The van der Waals surface area contributed by atoms with Gasteiger partial charge in [0.1, 0.15) is 17.3 Å². The predicted octanol–water partition coefficient (Wildman–Crippen LogP) is 6.38. The van der Waals surface area contributed by atoms with Crippen molar-refractivity contribution in [2.75, 3.05) is 12.0 Å². The van der Waals surface area contributed by atoms with Crippen molar-refractivity contribution in [2.45, 2.75) is 6.04 Å². The number of carbonyl (C=O) groups excluding carboxylic acids is 2. The monoisotopic (exact) mass is 528 g/mol. The van der Waals surface area contributed by atoms with Gasteiger partial charge in [-0.1, -0.05) is 40.6 Å². The minimum Gasteiger partial charge on any atom is -0.507 e. The lowest BCUT2D eigenvalue weighted by molar-refractivity contribution is -0.132. The molecule has 1 N–H and O–H groups in total. The largest absolute Gasteiger partial charge is 0.507 e. The maximum absolute atomic E-state index is 13.8. The Kier molecular flexibility index (Phi) is 5.96. The molecule has 2 heterocycles. The van der Waals surface area contributed by atoms with E-state index in [0.717, 1.165) is 11.3 Å². The molecule has 1 saturated heterocycles. The summed E-state index contributed by atoms with van der Waals surface area (Å²) < 4.78 is 19.4. The zero-order chi connectivity index (χ0) is 24.9. The first-order valence-corrected chi connectivity index (χ1v) is 11.8. The summed E-state index contributed by atoms with van der Waals surface area (Å²) in [5.74, 6) is -2.02. The number of Topliss-reactive ketones (excluding diaryl/α,β-unsaturated/α-hetero) is 1. The van der Waals surface area contributed by atoms with Gasteiger partial charge in [0, 0.05) is 5.56 Å². The number of methoxy groups -OCH3 is 1. The third-order valence-electron chi connectivity index (χ3n) is 5.61. The Morgan fingerprint density at radius 2 is 1.80 bits per heavy atom. The van der Waals surface area contributed by atoms with Crippen LogP contribution in [0.1, 0.15) is 17.2 Å². The van der Waals surface area contributed by atoms with Crippen molar-refractivity contribution in [2.24, 2.45) is 0 Å². The minimum atomic E-state index is -1.04. The summed E-state index contributed by atoms with van der Waals surface area (Å²) >= 11 is 13.4. The number of benzene rings is 3. The Labute approximate surface area is 212 Å². The number of aliphatic hydroxyl groups excluding tert-OH is 1. The molecule has 1 aromatic heterocycles. The molecule has 5 rings (SSSR count). The number of ether oxygens (including phenoxy) is 1. The zero-order valence-corrected chi connectivity index (χ0v) is 20.3. The van der Waals surface area contributed by atoms with Crippen LogP contribution in [0.15, 0.2) is 66.2 Å². The number of anilines is 1. The maximum atomic E-state index is 13.8. The van der Waals surface area contributed by atoms with Gasteiger partial charge < -0.3 is 9.84 Å². The van der Waals surface area contributed by atoms with Crippen LogP contribution in [0.3, 0.4) is 0 Å². The Balaban J connectivity index is 1.73. The molecule has 4 aromatic rings. The Hall–Kier alpha value is -3.46. The lowest BCUT2D eigenvalue weighted by Crippen LogP contribution is -2.29. The Morgan fingerprint density at radius 3 is 2.49 bits per heavy atom. The van der Waals surface area contributed by atoms with Crippen LogP contribution in [0.5, 0.6) is 5.75 Å². The van der Waals surface area contributed by atoms with Crippen molar-refractivity contribution >= 4 is 67.3 Å². The smallest absolute Gasteiger partial charge is 0.301 e. The van der Waals surface area contributed by atoms with Gasteiger partial charge in [0.05, 0.1) is 39.0 Å². The highest BCUT2D eigenvalue weighted by molar-refractivity contribution is 7.22. The van der Waals surface area contributed by atoms with Crippen LogP contribution in [0.2, 0.25) is 10.0 Å². The standard InChI is InChI=1S/C25H15Cl2FN2O4S/c1-34-15-6-2-12(3-7-15)22(31)20-21(13-4-8-16(26)17(27)10-13)30(24(33)23(20)32)25-29-18-9-5-14(28)11-19(18)35-25/h2-11,21,31H,1H3. The topological polar surface area (TPSA) is 79.7 Å². The third kappa shape index (κ3) is 4.03. The summed E-state index contributed by atoms with van der Waals surface area (Å²) in [5.41, 5.74) is 1.10. The zero-order valence-electron chi connectivity index (χ0n) is 18.0. The van der Waals surface area contributed by atoms with Crippen molar-refractivity contribution in [3.8, 4) is 5.75 Å². The van der Waals surface area contributed by atoms with Crippen molar-refractivity contribution in [3.63, 3.8) is 0 Å². The highest BCUT2D eigenvalue weighted by Gasteiger charge is 2.48. The molecule has 1 fully saturated rings. The number of ketones is 1. The van der Waals surface area contributed by atoms with Crippen LogP contribution in [0.25, 0.3) is 16.0 Å². The second-order valence-corrected chi connectivity index (χ2v) is 9.50. The lowest BCUT2D eigenvalue weighted by atomic mass is 9.95. The number of hydrogen-bond acceptors (Lipinski definition) is 6. The molecule has 35 heavy (non-hydrogen) atoms. The maximum Gasteiger partial charge on any atom is 0.301 e. The van der Waals surface area contributed by atoms with E-state index in [-0.39, 0.29) is 26.5 Å². The number of thiazole rings is 1. The van der Waals surface area contributed by atoms with E-state index in [0.29, 0.717) is 27.1 Å². The molecule has 1 aliphatic heterocycles. The summed E-state index contributed by atoms with van der Waals surface area (Å²) in [5, 5.41) is 11.9. The fourth-order valence-corrected chi connectivity index (χ4v) is 5.25. The second kappa shape index (κ2) is 8.96. The number of aliphatic hydroxyl groups is 1. The molecule has 176 valence electrons. The van der Waals surface area contributed by atoms with Crippen molar-refractivity contribution in [1.29, 1.82) is 0 Å². The molecular formula is C25H15Cl2FN2O4S. The number of rotatable bonds is 4. The van der Waals surface area contributed by atoms with Crippen LogP contribution < -0.4 is 9.64 Å². The molecule has 0 bridgehead atoms. The van der Waals surface area contributed by atoms with Crippen LogP contribution in [-0.4, -0.2) is 28.9 Å². The van der Waals surface area contributed by atoms with Crippen LogP contribution in [-0.2, 0) is 9.59 Å². The molecule has 1 amide bonds. The van der Waals surface area contributed by atoms with Gasteiger partial charge >= 0.3 is 5.91 Å². The van der Waals surface area contributed by atoms with Gasteiger partial charge in [-0.3, -0.25) is 14.5 Å². The molecule has 1 aliphatic rings. The van der Waals surface area contributed by atoms with E-state index in [1.54, 1.807) is 36.4 Å². The summed E-state index contributed by atoms with van der Waals surface area (Å²) in [6, 6.07) is 14.1. The molecule has 0 saturated carbocycles. The van der Waals surface area contributed by atoms with Crippen molar-refractivity contribution in [3.05, 3.63) is 93.2 Å². The second-order valence-electron chi connectivity index (χ2n) is 7.68. The molecule has 6 nitrogen and oxygen atoms in total. The van der Waals surface area contributed by atoms with E-state index in [4.69, 9.17) is 27.9 Å². The fraction of sp³-hybridized carbons (Fsp3) is 0.0800. The summed E-state index contributed by atoms with van der Waals surface area (Å²) in [6.45, 7) is 0. The van der Waals surface area contributed by atoms with Crippen LogP contribution in [0, 0.1) is 5.82 Å². The Morgan fingerprint density at radius 1 is 1.06 bits per heavy atom. The van der Waals surface area contributed by atoms with E-state index >= 15 is 0 Å². The summed E-state index contributed by atoms with van der Waals surface area (Å²) in [4.78, 5) is 32.2. The molecule has 3 aromatic carbocycles. The van der Waals surface area contributed by atoms with Gasteiger partial charge in [-0.15, -0.1) is 0 Å². The van der Waals surface area contributed by atoms with E-state index in [1.807, 2.05) is 0 Å². The summed E-state index contributed by atoms with van der Waals surface area (Å²) in [6.07, 6.45) is 0. The van der Waals surface area contributed by atoms with Gasteiger partial charge in [-0.25, -0.2) is 9.37 Å². The lowest BCUT2D eigenvalue weighted by Gasteiger charge is -2.23. The number of carbonyl (C=O) groups is 2. The first kappa shape index (κ1) is 23.3. The fourth-order valence-electron chi connectivity index (χ4n) is 3.92. The number of amides is 1.